The van der Waals surface area contributed by atoms with Gasteiger partial charge in [0.15, 0.2) is 12.4 Å². The predicted octanol–water partition coefficient (Wildman–Crippen LogP) is 17.3. The normalized spacial score (nSPS) is 19.1. The van der Waals surface area contributed by atoms with Crippen LogP contribution in [0.3, 0.4) is 0 Å². The molecule has 1 fully saturated rings. The van der Waals surface area contributed by atoms with Crippen LogP contribution in [0.25, 0.3) is 0 Å². The Labute approximate surface area is 508 Å². The van der Waals surface area contributed by atoms with Crippen LogP contribution in [0.4, 0.5) is 0 Å². The van der Waals surface area contributed by atoms with E-state index in [1.807, 2.05) is 6.08 Å². The quantitative estimate of drug-likeness (QED) is 0.0195. The Kier molecular flexibility index (Phi) is 55.5. The van der Waals surface area contributed by atoms with Gasteiger partial charge in [0.1, 0.15) is 24.4 Å². The predicted molar refractivity (Wildman–Crippen MR) is 347 cm³/mol. The minimum Gasteiger partial charge on any atom is -0.454 e. The fourth-order valence-electron chi connectivity index (χ4n) is 10.3. The van der Waals surface area contributed by atoms with Gasteiger partial charge in [0.05, 0.1) is 25.4 Å². The maximum Gasteiger partial charge on any atom is 0.306 e. The standard InChI is InChI=1S/C72H127NO10/c1-4-7-10-13-16-19-22-24-26-28-30-31-32-33-34-36-37-39-41-44-47-50-53-56-59-65(76)71(80)73-63(64(75)58-55-52-49-46-43-21-18-15-12-9-6-3)62-81-72-70(69(79)68(78)66(61-74)82-72)83-67(77)60-57-54-51-48-45-42-40-38-35-29-27-25-23-20-17-14-11-8-5-2/h16-17,19-20,24-27,30-31,35,38,55,58,63-66,68-70,72,74-76,78-79H,4-15,18,21-23,28-29,32-34,36-37,39-54,56-57,59-62H2,1-3H3,(H,73,80)/b19-16-,20-17-,26-24-,27-25-,31-30-,38-35-,58-55+. The number of carbonyl (C=O) groups is 2. The number of hydrogen-bond donors (Lipinski definition) is 6. The third-order valence-corrected chi connectivity index (χ3v) is 15.8. The monoisotopic (exact) mass is 1170 g/mol. The van der Waals surface area contributed by atoms with Gasteiger partial charge < -0.3 is 45.1 Å². The molecule has 0 aromatic carbocycles. The van der Waals surface area contributed by atoms with E-state index in [-0.39, 0.29) is 19.4 Å². The lowest BCUT2D eigenvalue weighted by molar-refractivity contribution is -0.305. The Morgan fingerprint density at radius 2 is 0.831 bits per heavy atom. The lowest BCUT2D eigenvalue weighted by Gasteiger charge is -2.41. The number of esters is 1. The molecule has 480 valence electrons. The smallest absolute Gasteiger partial charge is 0.306 e. The van der Waals surface area contributed by atoms with Gasteiger partial charge in [-0.15, -0.1) is 0 Å². The highest BCUT2D eigenvalue weighted by Gasteiger charge is 2.47. The minimum atomic E-state index is -1.62. The third kappa shape index (κ3) is 46.7. The summed E-state index contributed by atoms with van der Waals surface area (Å²) >= 11 is 0. The zero-order valence-electron chi connectivity index (χ0n) is 53.3. The van der Waals surface area contributed by atoms with Crippen LogP contribution in [0, 0.1) is 0 Å². The molecule has 11 heteroatoms. The van der Waals surface area contributed by atoms with E-state index >= 15 is 0 Å². The first-order valence-electron chi connectivity index (χ1n) is 34.4. The molecule has 1 rings (SSSR count). The first-order chi connectivity index (χ1) is 40.7. The van der Waals surface area contributed by atoms with Crippen molar-refractivity contribution in [3.63, 3.8) is 0 Å². The van der Waals surface area contributed by atoms with E-state index in [2.05, 4.69) is 99.0 Å². The highest BCUT2D eigenvalue weighted by atomic mass is 16.7. The average molecular weight is 1170 g/mol. The highest BCUT2D eigenvalue weighted by Crippen LogP contribution is 2.26. The maximum absolute atomic E-state index is 13.5. The van der Waals surface area contributed by atoms with Crippen molar-refractivity contribution in [2.45, 2.75) is 346 Å². The van der Waals surface area contributed by atoms with Gasteiger partial charge in [0.2, 0.25) is 5.91 Å². The average Bonchev–Trinajstić information content (AvgIpc) is 3.52. The second-order valence-electron chi connectivity index (χ2n) is 23.6. The summed E-state index contributed by atoms with van der Waals surface area (Å²) in [6.45, 7) is 5.74. The van der Waals surface area contributed by atoms with Gasteiger partial charge in [-0.25, -0.2) is 0 Å². The summed E-state index contributed by atoms with van der Waals surface area (Å²) in [5.41, 5.74) is 0. The summed E-state index contributed by atoms with van der Waals surface area (Å²) in [6, 6.07) is -1.03. The number of aliphatic hydroxyl groups is 5. The first kappa shape index (κ1) is 77.9. The SMILES string of the molecule is CCCCC/C=C\C/C=C\C/C=C\CCCCCCCCCCCCCC(O)C(=O)NC(COC1OC(CO)C(O)C(O)C1OC(=O)CCCCCCCC/C=C\C/C=C\C/C=C\CCCCC)C(O)/C=C/CCCCCCCCCCC. The second-order valence-corrected chi connectivity index (χ2v) is 23.6. The fourth-order valence-corrected chi connectivity index (χ4v) is 10.3. The number of amides is 1. The van der Waals surface area contributed by atoms with Gasteiger partial charge in [0, 0.05) is 6.42 Å². The molecule has 0 spiro atoms. The lowest BCUT2D eigenvalue weighted by atomic mass is 9.99. The Morgan fingerprint density at radius 3 is 1.27 bits per heavy atom. The molecule has 1 amide bonds. The van der Waals surface area contributed by atoms with E-state index in [1.165, 1.54) is 141 Å². The highest BCUT2D eigenvalue weighted by molar-refractivity contribution is 5.80. The molecule has 1 saturated heterocycles. The van der Waals surface area contributed by atoms with Crippen LogP contribution < -0.4 is 5.32 Å². The Hall–Kier alpha value is -3.16. The van der Waals surface area contributed by atoms with E-state index in [0.717, 1.165) is 109 Å². The van der Waals surface area contributed by atoms with Gasteiger partial charge in [-0.3, -0.25) is 9.59 Å². The summed E-state index contributed by atoms with van der Waals surface area (Å²) in [5, 5.41) is 57.1. The van der Waals surface area contributed by atoms with Gasteiger partial charge in [-0.1, -0.05) is 273 Å². The Bertz CT molecular complexity index is 1670. The maximum atomic E-state index is 13.5. The Morgan fingerprint density at radius 1 is 0.470 bits per heavy atom. The summed E-state index contributed by atoms with van der Waals surface area (Å²) in [5.74, 6) is -1.21. The molecule has 0 aromatic heterocycles. The van der Waals surface area contributed by atoms with Crippen molar-refractivity contribution in [1.29, 1.82) is 0 Å². The summed E-state index contributed by atoms with van der Waals surface area (Å²) in [6.07, 6.45) is 67.6. The topological polar surface area (TPSA) is 175 Å². The molecule has 8 unspecified atom stereocenters. The molecule has 6 N–H and O–H groups in total. The lowest BCUT2D eigenvalue weighted by Crippen LogP contribution is -2.61. The molecule has 1 heterocycles. The molecule has 0 aromatic rings. The molecule has 0 saturated carbocycles. The third-order valence-electron chi connectivity index (χ3n) is 15.8. The Balaban J connectivity index is 2.59. The van der Waals surface area contributed by atoms with Crippen molar-refractivity contribution in [3.05, 3.63) is 85.1 Å². The van der Waals surface area contributed by atoms with Gasteiger partial charge >= 0.3 is 5.97 Å². The molecule has 8 atom stereocenters. The van der Waals surface area contributed by atoms with Crippen molar-refractivity contribution in [2.75, 3.05) is 13.2 Å². The van der Waals surface area contributed by atoms with E-state index in [0.29, 0.717) is 12.8 Å². The molecule has 0 bridgehead atoms. The second kappa shape index (κ2) is 59.2. The molecule has 1 aliphatic heterocycles. The van der Waals surface area contributed by atoms with E-state index in [1.54, 1.807) is 6.08 Å². The van der Waals surface area contributed by atoms with Crippen molar-refractivity contribution in [1.82, 2.24) is 5.32 Å². The van der Waals surface area contributed by atoms with Crippen LogP contribution in [0.15, 0.2) is 85.1 Å². The zero-order chi connectivity index (χ0) is 60.3. The fraction of sp³-hybridized carbons (Fsp3) is 0.778. The van der Waals surface area contributed by atoms with Crippen LogP contribution >= 0.6 is 0 Å². The molecule has 1 aliphatic rings. The van der Waals surface area contributed by atoms with Gasteiger partial charge in [-0.05, 0) is 103 Å². The van der Waals surface area contributed by atoms with Crippen molar-refractivity contribution in [3.8, 4) is 0 Å². The van der Waals surface area contributed by atoms with Crippen molar-refractivity contribution < 1.29 is 49.3 Å². The van der Waals surface area contributed by atoms with Crippen LogP contribution in [0.2, 0.25) is 0 Å². The summed E-state index contributed by atoms with van der Waals surface area (Å²) < 4.78 is 17.6. The van der Waals surface area contributed by atoms with Gasteiger partial charge in [0.25, 0.3) is 0 Å². The van der Waals surface area contributed by atoms with Crippen LogP contribution in [0.1, 0.15) is 297 Å². The number of unbranched alkanes of at least 4 members (excludes halogenated alkanes) is 32. The number of carbonyl (C=O) groups excluding carboxylic acids is 2. The zero-order valence-corrected chi connectivity index (χ0v) is 53.3. The molecule has 0 aliphatic carbocycles. The summed E-state index contributed by atoms with van der Waals surface area (Å²) in [7, 11) is 0. The minimum absolute atomic E-state index is 0.106. The molecule has 83 heavy (non-hydrogen) atoms. The van der Waals surface area contributed by atoms with Gasteiger partial charge in [-0.2, -0.15) is 0 Å². The van der Waals surface area contributed by atoms with E-state index < -0.39 is 67.4 Å². The first-order valence-corrected chi connectivity index (χ1v) is 34.4. The number of allylic oxidation sites excluding steroid dienone is 13. The van der Waals surface area contributed by atoms with E-state index in [9.17, 15) is 35.1 Å². The molecule has 11 nitrogen and oxygen atoms in total. The van der Waals surface area contributed by atoms with Crippen molar-refractivity contribution in [2.24, 2.45) is 0 Å². The van der Waals surface area contributed by atoms with Crippen LogP contribution in [-0.2, 0) is 23.8 Å². The van der Waals surface area contributed by atoms with Crippen LogP contribution in [-0.4, -0.2) is 99.6 Å². The number of ether oxygens (including phenoxy) is 3. The largest absolute Gasteiger partial charge is 0.454 e. The van der Waals surface area contributed by atoms with E-state index in [4.69, 9.17) is 14.2 Å². The summed E-state index contributed by atoms with van der Waals surface area (Å²) in [4.78, 5) is 26.6. The number of rotatable bonds is 58. The number of nitrogens with one attached hydrogen (secondary N) is 1. The van der Waals surface area contributed by atoms with Crippen molar-refractivity contribution >= 4 is 11.9 Å². The number of hydrogen-bond acceptors (Lipinski definition) is 10. The molecular formula is C72H127NO10. The molecule has 0 radical (unpaired) electrons. The number of aliphatic hydroxyl groups excluding tert-OH is 5. The van der Waals surface area contributed by atoms with Crippen LogP contribution in [0.5, 0.6) is 0 Å². The molecular weight excluding hydrogens is 1040 g/mol.